The van der Waals surface area contributed by atoms with Gasteiger partial charge in [-0.05, 0) is 18.2 Å². The summed E-state index contributed by atoms with van der Waals surface area (Å²) in [6.45, 7) is 1.34. The minimum atomic E-state index is -0.734. The standard InChI is InChI=1S/C13H11N3O5/c1-8(17)14-9-4-2-3-5-10(9)15-13(18)11-6-7-12(21-11)16(19)20/h2-7H,1H3,(H,14,17)(H,15,18). The minimum Gasteiger partial charge on any atom is -0.395 e. The highest BCUT2D eigenvalue weighted by Gasteiger charge is 2.18. The van der Waals surface area contributed by atoms with Crippen molar-refractivity contribution in [1.29, 1.82) is 0 Å². The van der Waals surface area contributed by atoms with Gasteiger partial charge in [-0.2, -0.15) is 0 Å². The summed E-state index contributed by atoms with van der Waals surface area (Å²) in [5.41, 5.74) is 0.774. The molecule has 0 fully saturated rings. The van der Waals surface area contributed by atoms with Crippen LogP contribution in [-0.4, -0.2) is 16.7 Å². The molecule has 0 radical (unpaired) electrons. The molecule has 8 heteroatoms. The number of amides is 2. The summed E-state index contributed by atoms with van der Waals surface area (Å²) in [5.74, 6) is -1.65. The first-order valence-electron chi connectivity index (χ1n) is 5.89. The molecule has 2 amide bonds. The van der Waals surface area contributed by atoms with E-state index in [9.17, 15) is 19.7 Å². The molecule has 2 aromatic rings. The van der Waals surface area contributed by atoms with Gasteiger partial charge in [-0.25, -0.2) is 0 Å². The van der Waals surface area contributed by atoms with Gasteiger partial charge in [0, 0.05) is 6.92 Å². The van der Waals surface area contributed by atoms with Crippen molar-refractivity contribution in [2.24, 2.45) is 0 Å². The van der Waals surface area contributed by atoms with Crippen LogP contribution in [0.1, 0.15) is 17.5 Å². The molecule has 0 aliphatic heterocycles. The summed E-state index contributed by atoms with van der Waals surface area (Å²) in [6.07, 6.45) is 0. The zero-order chi connectivity index (χ0) is 15.4. The van der Waals surface area contributed by atoms with Gasteiger partial charge in [-0.3, -0.25) is 19.7 Å². The van der Waals surface area contributed by atoms with E-state index in [2.05, 4.69) is 10.6 Å². The summed E-state index contributed by atoms with van der Waals surface area (Å²) in [6, 6.07) is 8.86. The van der Waals surface area contributed by atoms with Crippen LogP contribution < -0.4 is 10.6 Å². The first-order chi connectivity index (χ1) is 9.97. The van der Waals surface area contributed by atoms with Gasteiger partial charge in [-0.15, -0.1) is 0 Å². The second-order valence-corrected chi connectivity index (χ2v) is 4.08. The highest BCUT2D eigenvalue weighted by atomic mass is 16.6. The molecular formula is C13H11N3O5. The van der Waals surface area contributed by atoms with Crippen LogP contribution >= 0.6 is 0 Å². The third-order valence-electron chi connectivity index (χ3n) is 2.48. The molecule has 2 N–H and O–H groups in total. The van der Waals surface area contributed by atoms with Crippen molar-refractivity contribution < 1.29 is 18.9 Å². The summed E-state index contributed by atoms with van der Waals surface area (Å²) < 4.78 is 4.80. The second kappa shape index (κ2) is 5.87. The van der Waals surface area contributed by atoms with Gasteiger partial charge in [0.15, 0.2) is 5.76 Å². The number of benzene rings is 1. The number of carbonyl (C=O) groups is 2. The molecule has 1 heterocycles. The average Bonchev–Trinajstić information content (AvgIpc) is 2.90. The summed E-state index contributed by atoms with van der Waals surface area (Å²) in [4.78, 5) is 32.8. The molecule has 108 valence electrons. The van der Waals surface area contributed by atoms with Crippen molar-refractivity contribution in [3.05, 3.63) is 52.3 Å². The molecule has 1 aromatic heterocycles. The van der Waals surface area contributed by atoms with Gasteiger partial charge in [-0.1, -0.05) is 12.1 Å². The van der Waals surface area contributed by atoms with E-state index in [4.69, 9.17) is 4.42 Å². The minimum absolute atomic E-state index is 0.195. The van der Waals surface area contributed by atoms with Gasteiger partial charge >= 0.3 is 5.88 Å². The number of rotatable bonds is 4. The lowest BCUT2D eigenvalue weighted by atomic mass is 10.2. The van der Waals surface area contributed by atoms with Crippen LogP contribution in [-0.2, 0) is 4.79 Å². The van der Waals surface area contributed by atoms with Crippen LogP contribution in [0.15, 0.2) is 40.8 Å². The van der Waals surface area contributed by atoms with E-state index in [0.29, 0.717) is 11.4 Å². The third kappa shape index (κ3) is 3.44. The average molecular weight is 289 g/mol. The topological polar surface area (TPSA) is 114 Å². The van der Waals surface area contributed by atoms with Crippen LogP contribution in [0, 0.1) is 10.1 Å². The molecular weight excluding hydrogens is 278 g/mol. The van der Waals surface area contributed by atoms with E-state index in [-0.39, 0.29) is 11.7 Å². The highest BCUT2D eigenvalue weighted by Crippen LogP contribution is 2.23. The molecule has 8 nitrogen and oxygen atoms in total. The number of furan rings is 1. The van der Waals surface area contributed by atoms with Crippen LogP contribution in [0.4, 0.5) is 17.3 Å². The Hall–Kier alpha value is -3.16. The summed E-state index contributed by atoms with van der Waals surface area (Å²) in [5, 5.41) is 15.6. The van der Waals surface area contributed by atoms with Crippen LogP contribution in [0.3, 0.4) is 0 Å². The van der Waals surface area contributed by atoms with Crippen LogP contribution in [0.5, 0.6) is 0 Å². The van der Waals surface area contributed by atoms with E-state index >= 15 is 0 Å². The monoisotopic (exact) mass is 289 g/mol. The number of hydrogen-bond donors (Lipinski definition) is 2. The molecule has 1 aromatic carbocycles. The SMILES string of the molecule is CC(=O)Nc1ccccc1NC(=O)c1ccc([N+](=O)[O-])o1. The maximum absolute atomic E-state index is 11.9. The third-order valence-corrected chi connectivity index (χ3v) is 2.48. The second-order valence-electron chi connectivity index (χ2n) is 4.08. The maximum atomic E-state index is 11.9. The van der Waals surface area contributed by atoms with Crippen molar-refractivity contribution in [3.8, 4) is 0 Å². The fourth-order valence-electron chi connectivity index (χ4n) is 1.62. The largest absolute Gasteiger partial charge is 0.433 e. The number of nitrogens with zero attached hydrogens (tertiary/aromatic N) is 1. The fraction of sp³-hybridized carbons (Fsp3) is 0.0769. The van der Waals surface area contributed by atoms with Crippen molar-refractivity contribution in [1.82, 2.24) is 0 Å². The van der Waals surface area contributed by atoms with E-state index < -0.39 is 16.7 Å². The Labute approximate surface area is 118 Å². The van der Waals surface area contributed by atoms with E-state index in [1.807, 2.05) is 0 Å². The number of nitro groups is 1. The highest BCUT2D eigenvalue weighted by molar-refractivity contribution is 6.05. The quantitative estimate of drug-likeness (QED) is 0.662. The predicted molar refractivity (Wildman–Crippen MR) is 74.1 cm³/mol. The molecule has 0 saturated heterocycles. The van der Waals surface area contributed by atoms with E-state index in [1.54, 1.807) is 24.3 Å². The molecule has 0 bridgehead atoms. The van der Waals surface area contributed by atoms with Crippen molar-refractivity contribution in [2.45, 2.75) is 6.92 Å². The Morgan fingerprint density at radius 2 is 1.71 bits per heavy atom. The van der Waals surface area contributed by atoms with Gasteiger partial charge < -0.3 is 15.1 Å². The fourth-order valence-corrected chi connectivity index (χ4v) is 1.62. The van der Waals surface area contributed by atoms with Crippen molar-refractivity contribution in [3.63, 3.8) is 0 Å². The van der Waals surface area contributed by atoms with E-state index in [0.717, 1.165) is 6.07 Å². The maximum Gasteiger partial charge on any atom is 0.433 e. The molecule has 0 atom stereocenters. The molecule has 0 unspecified atom stereocenters. The van der Waals surface area contributed by atoms with Crippen molar-refractivity contribution in [2.75, 3.05) is 10.6 Å². The normalized spacial score (nSPS) is 9.95. The van der Waals surface area contributed by atoms with Crippen LogP contribution in [0.2, 0.25) is 0 Å². The van der Waals surface area contributed by atoms with E-state index in [1.165, 1.54) is 13.0 Å². The lowest BCUT2D eigenvalue weighted by Gasteiger charge is -2.09. The molecule has 21 heavy (non-hydrogen) atoms. The number of hydrogen-bond acceptors (Lipinski definition) is 5. The van der Waals surface area contributed by atoms with Gasteiger partial charge in [0.2, 0.25) is 5.91 Å². The first kappa shape index (κ1) is 14.3. The van der Waals surface area contributed by atoms with Gasteiger partial charge in [0.1, 0.15) is 4.92 Å². The molecule has 0 aliphatic carbocycles. The zero-order valence-electron chi connectivity index (χ0n) is 11.0. The Bertz CT molecular complexity index is 707. The lowest BCUT2D eigenvalue weighted by Crippen LogP contribution is -2.14. The Morgan fingerprint density at radius 3 is 2.24 bits per heavy atom. The number of nitrogens with one attached hydrogen (secondary N) is 2. The lowest BCUT2D eigenvalue weighted by molar-refractivity contribution is -0.402. The first-order valence-corrected chi connectivity index (χ1v) is 5.89. The Morgan fingerprint density at radius 1 is 1.10 bits per heavy atom. The number of para-hydroxylation sites is 2. The smallest absolute Gasteiger partial charge is 0.395 e. The van der Waals surface area contributed by atoms with Crippen LogP contribution in [0.25, 0.3) is 0 Å². The Balaban J connectivity index is 2.19. The van der Waals surface area contributed by atoms with Gasteiger partial charge in [0.25, 0.3) is 5.91 Å². The predicted octanol–water partition coefficient (Wildman–Crippen LogP) is 2.40. The summed E-state index contributed by atoms with van der Waals surface area (Å²) >= 11 is 0. The molecule has 0 aliphatic rings. The van der Waals surface area contributed by atoms with Crippen molar-refractivity contribution >= 4 is 29.1 Å². The number of carbonyl (C=O) groups excluding carboxylic acids is 2. The Kier molecular flexibility index (Phi) is 3.98. The van der Waals surface area contributed by atoms with Gasteiger partial charge in [0.05, 0.1) is 17.4 Å². The molecule has 0 spiro atoms. The number of anilines is 2. The molecule has 0 saturated carbocycles. The summed E-state index contributed by atoms with van der Waals surface area (Å²) in [7, 11) is 0. The zero-order valence-corrected chi connectivity index (χ0v) is 11.0. The molecule has 2 rings (SSSR count).